The summed E-state index contributed by atoms with van der Waals surface area (Å²) >= 11 is 1.39. The van der Waals surface area contributed by atoms with E-state index in [-0.39, 0.29) is 10.6 Å². The molecule has 0 radical (unpaired) electrons. The molecule has 0 saturated carbocycles. The first-order chi connectivity index (χ1) is 9.25. The van der Waals surface area contributed by atoms with Gasteiger partial charge in [0.05, 0.1) is 10.3 Å². The van der Waals surface area contributed by atoms with E-state index < -0.39 is 0 Å². The highest BCUT2D eigenvalue weighted by Gasteiger charge is 2.21. The van der Waals surface area contributed by atoms with Gasteiger partial charge in [-0.1, -0.05) is 30.3 Å². The van der Waals surface area contributed by atoms with E-state index >= 15 is 0 Å². The number of fused-ring (bicyclic) bond motifs is 1. The first-order valence-electron chi connectivity index (χ1n) is 5.74. The molecular weight excluding hydrogens is 260 g/mol. The molecule has 19 heavy (non-hydrogen) atoms. The van der Waals surface area contributed by atoms with Gasteiger partial charge >= 0.3 is 5.69 Å². The Kier molecular flexibility index (Phi) is 2.89. The molecule has 0 aliphatic rings. The minimum absolute atomic E-state index is 0.143. The second-order valence-electron chi connectivity index (χ2n) is 4.02. The topological polar surface area (TPSA) is 55.2 Å². The number of thiophene rings is 1. The van der Waals surface area contributed by atoms with Crippen LogP contribution in [0.1, 0.15) is 0 Å². The van der Waals surface area contributed by atoms with Crippen LogP contribution in [-0.4, -0.2) is 4.92 Å². The number of benzene rings is 2. The molecule has 0 unspecified atom stereocenters. The number of hydrogen-bond donors (Lipinski definition) is 1. The quantitative estimate of drug-likeness (QED) is 0.561. The van der Waals surface area contributed by atoms with Gasteiger partial charge in [0.1, 0.15) is 0 Å². The Balaban J connectivity index is 2.13. The third-order valence-electron chi connectivity index (χ3n) is 2.78. The van der Waals surface area contributed by atoms with Crippen LogP contribution in [0.3, 0.4) is 0 Å². The summed E-state index contributed by atoms with van der Waals surface area (Å²) in [4.78, 5) is 10.9. The Morgan fingerprint density at radius 2 is 1.68 bits per heavy atom. The van der Waals surface area contributed by atoms with Crippen molar-refractivity contribution in [1.29, 1.82) is 0 Å². The molecule has 1 aromatic heterocycles. The number of rotatable bonds is 3. The maximum Gasteiger partial charge on any atom is 0.311 e. The van der Waals surface area contributed by atoms with E-state index in [1.54, 1.807) is 6.07 Å². The zero-order valence-corrected chi connectivity index (χ0v) is 10.7. The smallest absolute Gasteiger partial charge is 0.311 e. The van der Waals surface area contributed by atoms with Crippen molar-refractivity contribution in [3.8, 4) is 0 Å². The van der Waals surface area contributed by atoms with Crippen molar-refractivity contribution in [3.63, 3.8) is 0 Å². The predicted octanol–water partition coefficient (Wildman–Crippen LogP) is 4.55. The molecule has 1 N–H and O–H groups in total. The molecule has 0 spiro atoms. The standard InChI is InChI=1S/C14H10N2O2S/c17-16(18)13-11-8-4-5-9-12(11)19-14(13)15-10-6-2-1-3-7-10/h1-9,15H. The Bertz CT molecular complexity index is 738. The molecule has 94 valence electrons. The van der Waals surface area contributed by atoms with E-state index in [1.807, 2.05) is 48.5 Å². The monoisotopic (exact) mass is 270 g/mol. The molecule has 0 amide bonds. The minimum atomic E-state index is -0.329. The fraction of sp³-hybridized carbons (Fsp3) is 0. The first-order valence-corrected chi connectivity index (χ1v) is 6.55. The highest BCUT2D eigenvalue weighted by atomic mass is 32.1. The Hall–Kier alpha value is -2.40. The highest BCUT2D eigenvalue weighted by molar-refractivity contribution is 7.23. The number of anilines is 2. The lowest BCUT2D eigenvalue weighted by atomic mass is 10.2. The molecule has 1 heterocycles. The molecule has 3 rings (SSSR count). The number of para-hydroxylation sites is 1. The lowest BCUT2D eigenvalue weighted by Gasteiger charge is -2.02. The zero-order valence-electron chi connectivity index (χ0n) is 9.87. The van der Waals surface area contributed by atoms with Gasteiger partial charge in [0.25, 0.3) is 0 Å². The average Bonchev–Trinajstić information content (AvgIpc) is 2.77. The summed E-state index contributed by atoms with van der Waals surface area (Å²) in [5.74, 6) is 0. The van der Waals surface area contributed by atoms with Crippen LogP contribution in [0.15, 0.2) is 54.6 Å². The van der Waals surface area contributed by atoms with Crippen LogP contribution >= 0.6 is 11.3 Å². The molecule has 0 fully saturated rings. The van der Waals surface area contributed by atoms with Crippen LogP contribution < -0.4 is 5.32 Å². The molecule has 3 aromatic rings. The summed E-state index contributed by atoms with van der Waals surface area (Å²) in [6.07, 6.45) is 0. The van der Waals surface area contributed by atoms with Crippen molar-refractivity contribution in [3.05, 3.63) is 64.7 Å². The van der Waals surface area contributed by atoms with Gasteiger partial charge in [0, 0.05) is 10.4 Å². The summed E-state index contributed by atoms with van der Waals surface area (Å²) in [5.41, 5.74) is 0.988. The third-order valence-corrected chi connectivity index (χ3v) is 3.86. The zero-order chi connectivity index (χ0) is 13.2. The van der Waals surface area contributed by atoms with Gasteiger partial charge in [-0.3, -0.25) is 10.1 Å². The lowest BCUT2D eigenvalue weighted by Crippen LogP contribution is -1.93. The molecule has 0 aliphatic heterocycles. The molecular formula is C14H10N2O2S. The highest BCUT2D eigenvalue weighted by Crippen LogP contribution is 2.42. The molecule has 2 aromatic carbocycles. The molecule has 0 saturated heterocycles. The number of nitro groups is 1. The first kappa shape index (κ1) is 11.7. The summed E-state index contributed by atoms with van der Waals surface area (Å²) in [6.45, 7) is 0. The number of hydrogen-bond acceptors (Lipinski definition) is 4. The van der Waals surface area contributed by atoms with Gasteiger partial charge in [-0.05, 0) is 24.3 Å². The van der Waals surface area contributed by atoms with E-state index in [2.05, 4.69) is 5.32 Å². The third kappa shape index (κ3) is 2.15. The second-order valence-corrected chi connectivity index (χ2v) is 5.08. The molecule has 0 atom stereocenters. The van der Waals surface area contributed by atoms with Crippen LogP contribution in [0.2, 0.25) is 0 Å². The van der Waals surface area contributed by atoms with Crippen LogP contribution in [0.5, 0.6) is 0 Å². The van der Waals surface area contributed by atoms with Gasteiger partial charge < -0.3 is 5.32 Å². The Morgan fingerprint density at radius 3 is 2.42 bits per heavy atom. The van der Waals surface area contributed by atoms with Crippen molar-refractivity contribution in [2.75, 3.05) is 5.32 Å². The number of nitrogens with one attached hydrogen (secondary N) is 1. The minimum Gasteiger partial charge on any atom is -0.341 e. The van der Waals surface area contributed by atoms with Crippen molar-refractivity contribution >= 4 is 37.8 Å². The molecule has 5 heteroatoms. The van der Waals surface area contributed by atoms with Crippen LogP contribution in [0.25, 0.3) is 10.1 Å². The molecule has 0 aliphatic carbocycles. The summed E-state index contributed by atoms with van der Waals surface area (Å²) in [5, 5.41) is 15.6. The van der Waals surface area contributed by atoms with Crippen molar-refractivity contribution in [2.45, 2.75) is 0 Å². The number of nitrogens with zero attached hydrogens (tertiary/aromatic N) is 1. The summed E-state index contributed by atoms with van der Waals surface area (Å²) < 4.78 is 0.910. The van der Waals surface area contributed by atoms with Crippen LogP contribution in [-0.2, 0) is 0 Å². The maximum atomic E-state index is 11.3. The predicted molar refractivity (Wildman–Crippen MR) is 78.2 cm³/mol. The van der Waals surface area contributed by atoms with Crippen molar-refractivity contribution in [1.82, 2.24) is 0 Å². The SMILES string of the molecule is O=[N+]([O-])c1c(Nc2ccccc2)sc2ccccc12. The molecule has 4 nitrogen and oxygen atoms in total. The van der Waals surface area contributed by atoms with Crippen LogP contribution in [0.4, 0.5) is 16.4 Å². The largest absolute Gasteiger partial charge is 0.341 e. The van der Waals surface area contributed by atoms with Gasteiger partial charge in [0.2, 0.25) is 0 Å². The van der Waals surface area contributed by atoms with Gasteiger partial charge in [0.15, 0.2) is 5.00 Å². The van der Waals surface area contributed by atoms with Gasteiger partial charge in [-0.2, -0.15) is 0 Å². The summed E-state index contributed by atoms with van der Waals surface area (Å²) in [7, 11) is 0. The van der Waals surface area contributed by atoms with Gasteiger partial charge in [-0.25, -0.2) is 0 Å². The second kappa shape index (κ2) is 4.70. The van der Waals surface area contributed by atoms with E-state index in [1.165, 1.54) is 11.3 Å². The van der Waals surface area contributed by atoms with Crippen LogP contribution in [0, 0.1) is 10.1 Å². The molecule has 0 bridgehead atoms. The fourth-order valence-electron chi connectivity index (χ4n) is 1.95. The van der Waals surface area contributed by atoms with Crippen molar-refractivity contribution in [2.24, 2.45) is 0 Å². The van der Waals surface area contributed by atoms with E-state index in [0.29, 0.717) is 10.4 Å². The van der Waals surface area contributed by atoms with Crippen molar-refractivity contribution < 1.29 is 4.92 Å². The van der Waals surface area contributed by atoms with E-state index in [0.717, 1.165) is 10.4 Å². The maximum absolute atomic E-state index is 11.3. The normalized spacial score (nSPS) is 10.5. The Morgan fingerprint density at radius 1 is 1.00 bits per heavy atom. The van der Waals surface area contributed by atoms with E-state index in [9.17, 15) is 10.1 Å². The van der Waals surface area contributed by atoms with Gasteiger partial charge in [-0.15, -0.1) is 11.3 Å². The van der Waals surface area contributed by atoms with E-state index in [4.69, 9.17) is 0 Å². The lowest BCUT2D eigenvalue weighted by molar-refractivity contribution is -0.381. The fourth-order valence-corrected chi connectivity index (χ4v) is 3.04. The summed E-state index contributed by atoms with van der Waals surface area (Å²) in [6, 6.07) is 16.8. The average molecular weight is 270 g/mol. The Labute approximate surface area is 113 Å².